The quantitative estimate of drug-likeness (QED) is 0.745. The summed E-state index contributed by atoms with van der Waals surface area (Å²) in [7, 11) is 3.72. The van der Waals surface area contributed by atoms with Crippen molar-refractivity contribution >= 4 is 29.6 Å². The van der Waals surface area contributed by atoms with Crippen molar-refractivity contribution in [1.82, 2.24) is 19.9 Å². The van der Waals surface area contributed by atoms with Crippen molar-refractivity contribution < 1.29 is 4.79 Å². The van der Waals surface area contributed by atoms with E-state index in [1.807, 2.05) is 25.9 Å². The largest absolute Gasteiger partial charge is 0.368 e. The van der Waals surface area contributed by atoms with E-state index in [-0.39, 0.29) is 17.1 Å². The Bertz CT molecular complexity index is 808. The van der Waals surface area contributed by atoms with Gasteiger partial charge in [-0.15, -0.1) is 11.8 Å². The summed E-state index contributed by atoms with van der Waals surface area (Å²) in [5.41, 5.74) is 7.16. The van der Waals surface area contributed by atoms with Gasteiger partial charge in [0.15, 0.2) is 0 Å². The number of thioether (sulfide) groups is 1. The minimum absolute atomic E-state index is 0.138. The van der Waals surface area contributed by atoms with Crippen molar-refractivity contribution in [3.05, 3.63) is 41.7 Å². The van der Waals surface area contributed by atoms with Gasteiger partial charge in [-0.1, -0.05) is 30.3 Å². The first-order valence-corrected chi connectivity index (χ1v) is 11.1. The first-order chi connectivity index (χ1) is 13.9. The topological polar surface area (TPSA) is 88.2 Å². The van der Waals surface area contributed by atoms with Gasteiger partial charge in [-0.3, -0.25) is 4.79 Å². The second-order valence-electron chi connectivity index (χ2n) is 7.72. The molecule has 7 nitrogen and oxygen atoms in total. The van der Waals surface area contributed by atoms with Crippen molar-refractivity contribution in [2.24, 2.45) is 5.92 Å². The third kappa shape index (κ3) is 6.06. The van der Waals surface area contributed by atoms with Crippen LogP contribution in [0.4, 0.5) is 11.9 Å². The van der Waals surface area contributed by atoms with E-state index < -0.39 is 0 Å². The summed E-state index contributed by atoms with van der Waals surface area (Å²) in [6.07, 6.45) is 3.23. The van der Waals surface area contributed by atoms with Gasteiger partial charge in [-0.25, -0.2) is 0 Å². The number of hydrogen-bond donors (Lipinski definition) is 1. The number of anilines is 2. The van der Waals surface area contributed by atoms with Crippen molar-refractivity contribution in [1.29, 1.82) is 0 Å². The van der Waals surface area contributed by atoms with Gasteiger partial charge in [0.1, 0.15) is 5.82 Å². The maximum absolute atomic E-state index is 12.8. The van der Waals surface area contributed by atoms with E-state index in [4.69, 9.17) is 5.73 Å². The van der Waals surface area contributed by atoms with Gasteiger partial charge in [0.2, 0.25) is 17.8 Å². The minimum atomic E-state index is -0.138. The molecule has 1 saturated heterocycles. The van der Waals surface area contributed by atoms with Crippen molar-refractivity contribution in [2.45, 2.75) is 37.2 Å². The summed E-state index contributed by atoms with van der Waals surface area (Å²) >= 11 is 1.55. The lowest BCUT2D eigenvalue weighted by molar-refractivity contribution is -0.131. The molecular formula is C21H30N6OS. The Kier molecular flexibility index (Phi) is 7.30. The number of nitrogens with two attached hydrogens (primary N) is 1. The second-order valence-corrected chi connectivity index (χ2v) is 9.04. The Balaban J connectivity index is 1.47. The van der Waals surface area contributed by atoms with E-state index >= 15 is 0 Å². The Hall–Kier alpha value is -2.35. The molecule has 0 bridgehead atoms. The number of aromatic nitrogens is 3. The predicted octanol–water partition coefficient (Wildman–Crippen LogP) is 2.62. The molecule has 2 heterocycles. The molecule has 0 saturated carbocycles. The fourth-order valence-electron chi connectivity index (χ4n) is 3.52. The van der Waals surface area contributed by atoms with Gasteiger partial charge < -0.3 is 15.5 Å². The summed E-state index contributed by atoms with van der Waals surface area (Å²) in [6.45, 7) is 3.63. The van der Waals surface area contributed by atoms with E-state index in [0.29, 0.717) is 23.4 Å². The van der Waals surface area contributed by atoms with Crippen LogP contribution < -0.4 is 10.6 Å². The van der Waals surface area contributed by atoms with E-state index in [0.717, 1.165) is 32.4 Å². The van der Waals surface area contributed by atoms with E-state index in [1.54, 1.807) is 16.7 Å². The summed E-state index contributed by atoms with van der Waals surface area (Å²) in [5, 5.41) is -0.138. The fraction of sp³-hybridized carbons (Fsp3) is 0.524. The molecule has 1 aliphatic heterocycles. The zero-order valence-corrected chi connectivity index (χ0v) is 18.2. The molecule has 1 unspecified atom stereocenters. The van der Waals surface area contributed by atoms with Crippen LogP contribution in [-0.2, 0) is 17.0 Å². The van der Waals surface area contributed by atoms with Gasteiger partial charge in [0, 0.05) is 27.2 Å². The summed E-state index contributed by atoms with van der Waals surface area (Å²) in [6, 6.07) is 10.6. The molecule has 1 aromatic carbocycles. The number of rotatable bonds is 7. The third-order valence-electron chi connectivity index (χ3n) is 5.19. The summed E-state index contributed by atoms with van der Waals surface area (Å²) < 4.78 is 0. The zero-order chi connectivity index (χ0) is 20.8. The number of nitrogens with zero attached hydrogens (tertiary/aromatic N) is 5. The van der Waals surface area contributed by atoms with Crippen LogP contribution in [0.2, 0.25) is 0 Å². The van der Waals surface area contributed by atoms with E-state index in [1.165, 1.54) is 5.56 Å². The van der Waals surface area contributed by atoms with Crippen molar-refractivity contribution in [2.75, 3.05) is 37.8 Å². The molecule has 8 heteroatoms. The molecule has 1 aliphatic rings. The average Bonchev–Trinajstić information content (AvgIpc) is 2.72. The number of carbonyl (C=O) groups excluding carboxylic acids is 1. The number of carbonyl (C=O) groups is 1. The van der Waals surface area contributed by atoms with Crippen LogP contribution in [0.25, 0.3) is 0 Å². The number of hydrogen-bond acceptors (Lipinski definition) is 7. The molecule has 1 atom stereocenters. The zero-order valence-electron chi connectivity index (χ0n) is 17.4. The lowest BCUT2D eigenvalue weighted by atomic mass is 9.90. The summed E-state index contributed by atoms with van der Waals surface area (Å²) in [4.78, 5) is 29.3. The predicted molar refractivity (Wildman–Crippen MR) is 119 cm³/mol. The maximum atomic E-state index is 12.8. The molecule has 1 amide bonds. The Morgan fingerprint density at radius 1 is 1.21 bits per heavy atom. The lowest BCUT2D eigenvalue weighted by Gasteiger charge is -2.33. The molecule has 2 aromatic rings. The highest BCUT2D eigenvalue weighted by molar-refractivity contribution is 7.99. The molecule has 29 heavy (non-hydrogen) atoms. The van der Waals surface area contributed by atoms with Gasteiger partial charge in [0.25, 0.3) is 0 Å². The maximum Gasteiger partial charge on any atom is 0.235 e. The standard InChI is InChI=1S/C21H30N6OS/c1-15(29-14-18-23-20(22)25-21(24-18)26(2)3)19(28)27-11-9-17(10-12-27)13-16-7-5-4-6-8-16/h4-8,15,17H,9-14H2,1-3H3,(H2,22,23,24,25). The van der Waals surface area contributed by atoms with Crippen LogP contribution in [-0.4, -0.2) is 58.2 Å². The van der Waals surface area contributed by atoms with Crippen molar-refractivity contribution in [3.63, 3.8) is 0 Å². The molecule has 1 fully saturated rings. The van der Waals surface area contributed by atoms with Crippen LogP contribution in [0.1, 0.15) is 31.2 Å². The van der Waals surface area contributed by atoms with Gasteiger partial charge in [-0.2, -0.15) is 15.0 Å². The first kappa shape index (κ1) is 21.4. The van der Waals surface area contributed by atoms with E-state index in [2.05, 4.69) is 45.3 Å². The third-order valence-corrected chi connectivity index (χ3v) is 6.32. The monoisotopic (exact) mass is 414 g/mol. The number of piperidine rings is 1. The molecule has 0 spiro atoms. The molecular weight excluding hydrogens is 384 g/mol. The highest BCUT2D eigenvalue weighted by Crippen LogP contribution is 2.25. The van der Waals surface area contributed by atoms with Crippen LogP contribution in [0, 0.1) is 5.92 Å². The fourth-order valence-corrected chi connectivity index (χ4v) is 4.34. The second kappa shape index (κ2) is 9.91. The van der Waals surface area contributed by atoms with Gasteiger partial charge >= 0.3 is 0 Å². The Morgan fingerprint density at radius 3 is 2.55 bits per heavy atom. The molecule has 0 aliphatic carbocycles. The number of likely N-dealkylation sites (tertiary alicyclic amines) is 1. The highest BCUT2D eigenvalue weighted by Gasteiger charge is 2.26. The number of amides is 1. The minimum Gasteiger partial charge on any atom is -0.368 e. The SMILES string of the molecule is CC(SCc1nc(N)nc(N(C)C)n1)C(=O)N1CCC(Cc2ccccc2)CC1. The molecule has 2 N–H and O–H groups in total. The van der Waals surface area contributed by atoms with E-state index in [9.17, 15) is 4.79 Å². The molecule has 1 aromatic heterocycles. The number of nitrogen functional groups attached to an aromatic ring is 1. The van der Waals surface area contributed by atoms with Crippen molar-refractivity contribution in [3.8, 4) is 0 Å². The van der Waals surface area contributed by atoms with Gasteiger partial charge in [-0.05, 0) is 37.7 Å². The Morgan fingerprint density at radius 2 is 1.90 bits per heavy atom. The van der Waals surface area contributed by atoms with Gasteiger partial charge in [0.05, 0.1) is 11.0 Å². The molecule has 3 rings (SSSR count). The van der Waals surface area contributed by atoms with Crippen LogP contribution >= 0.6 is 11.8 Å². The highest BCUT2D eigenvalue weighted by atomic mass is 32.2. The smallest absolute Gasteiger partial charge is 0.235 e. The molecule has 0 radical (unpaired) electrons. The first-order valence-electron chi connectivity index (χ1n) is 10.0. The number of benzene rings is 1. The van der Waals surface area contributed by atoms with Crippen LogP contribution in [0.5, 0.6) is 0 Å². The Labute approximate surface area is 177 Å². The average molecular weight is 415 g/mol. The molecule has 156 valence electrons. The summed E-state index contributed by atoms with van der Waals surface area (Å²) in [5.74, 6) is 2.73. The van der Waals surface area contributed by atoms with Crippen LogP contribution in [0.15, 0.2) is 30.3 Å². The van der Waals surface area contributed by atoms with Crippen LogP contribution in [0.3, 0.4) is 0 Å². The lowest BCUT2D eigenvalue weighted by Crippen LogP contribution is -2.42. The normalized spacial score (nSPS) is 15.9.